The highest BCUT2D eigenvalue weighted by molar-refractivity contribution is 8.31. The van der Waals surface area contributed by atoms with Gasteiger partial charge in [-0.2, -0.15) is 17.5 Å². The molecule has 1 unspecified atom stereocenters. The fourth-order valence-corrected chi connectivity index (χ4v) is 9.29. The van der Waals surface area contributed by atoms with Gasteiger partial charge in [0.05, 0.1) is 71.1 Å². The molecule has 252 valence electrons. The van der Waals surface area contributed by atoms with Gasteiger partial charge >= 0.3 is 0 Å². The van der Waals surface area contributed by atoms with Gasteiger partial charge in [-0.3, -0.25) is 0 Å². The second-order valence-corrected chi connectivity index (χ2v) is 14.9. The summed E-state index contributed by atoms with van der Waals surface area (Å²) in [5, 5.41) is 15.9. The van der Waals surface area contributed by atoms with Crippen LogP contribution < -0.4 is 0 Å². The summed E-state index contributed by atoms with van der Waals surface area (Å²) < 4.78 is 31.7. The molecule has 10 heteroatoms. The number of hydrogen-bond donors (Lipinski definition) is 1. The van der Waals surface area contributed by atoms with Gasteiger partial charge in [-0.25, -0.2) is 18.4 Å². The zero-order chi connectivity index (χ0) is 36.0. The summed E-state index contributed by atoms with van der Waals surface area (Å²) in [6.45, 7) is 0. The van der Waals surface area contributed by atoms with E-state index in [9.17, 15) is 8.42 Å². The lowest BCUT2D eigenvalue weighted by atomic mass is 10.0. The first-order chi connectivity index (χ1) is 26.0. The highest BCUT2D eigenvalue weighted by Gasteiger charge is 2.24. The summed E-state index contributed by atoms with van der Waals surface area (Å²) in [4.78, 5) is 10.4. The molecule has 0 saturated carbocycles. The van der Waals surface area contributed by atoms with E-state index in [1.54, 1.807) is 12.1 Å². The van der Waals surface area contributed by atoms with Gasteiger partial charge in [-0.1, -0.05) is 57.0 Å². The van der Waals surface area contributed by atoms with Crippen molar-refractivity contribution in [2.75, 3.05) is 0 Å². The van der Waals surface area contributed by atoms with E-state index in [0.717, 1.165) is 82.3 Å². The van der Waals surface area contributed by atoms with Crippen LogP contribution >= 0.6 is 20.7 Å². The number of thiol groups is 1. The van der Waals surface area contributed by atoms with E-state index in [1.807, 2.05) is 42.5 Å². The molecule has 0 aliphatic carbocycles. The molecule has 4 heterocycles. The molecule has 7 nitrogen and oxygen atoms in total. The number of para-hydroxylation sites is 3. The molecular formula is C43H26N5O2PS2. The minimum atomic E-state index is -3.78. The lowest BCUT2D eigenvalue weighted by Crippen LogP contribution is -2.03. The molecule has 0 bridgehead atoms. The molecule has 0 saturated heterocycles. The van der Waals surface area contributed by atoms with Gasteiger partial charge in [0.25, 0.3) is 0 Å². The van der Waals surface area contributed by atoms with Crippen LogP contribution in [0.25, 0.3) is 87.7 Å². The Morgan fingerprint density at radius 2 is 1.15 bits per heavy atom. The number of nitrogens with zero attached hydrogens (tertiary/aromatic N) is 5. The van der Waals surface area contributed by atoms with E-state index in [-0.39, 0.29) is 9.79 Å². The first-order valence-electron chi connectivity index (χ1n) is 16.8. The lowest BCUT2D eigenvalue weighted by Gasteiger charge is -2.11. The third-order valence-corrected chi connectivity index (χ3v) is 12.1. The maximum absolute atomic E-state index is 13.6. The molecule has 0 fully saturated rings. The van der Waals surface area contributed by atoms with Crippen molar-refractivity contribution in [2.45, 2.75) is 9.79 Å². The molecule has 0 radical (unpaired) electrons. The largest absolute Gasteiger partial charge is 0.309 e. The number of sulfone groups is 1. The minimum absolute atomic E-state index is 0.150. The fourth-order valence-electron chi connectivity index (χ4n) is 8.03. The summed E-state index contributed by atoms with van der Waals surface area (Å²) in [6.07, 6.45) is 0. The molecule has 7 aromatic carbocycles. The van der Waals surface area contributed by atoms with Gasteiger partial charge in [0.1, 0.15) is 0 Å². The third kappa shape index (κ3) is 4.47. The van der Waals surface area contributed by atoms with Gasteiger partial charge in [-0.05, 0) is 96.4 Å². The Morgan fingerprint density at radius 3 is 1.87 bits per heavy atom. The predicted molar refractivity (Wildman–Crippen MR) is 221 cm³/mol. The van der Waals surface area contributed by atoms with Crippen molar-refractivity contribution < 1.29 is 8.42 Å². The number of fused-ring (bicyclic) bond motifs is 8. The maximum Gasteiger partial charge on any atom is 0.206 e. The maximum atomic E-state index is 13.6. The van der Waals surface area contributed by atoms with Gasteiger partial charge < -0.3 is 8.97 Å². The van der Waals surface area contributed by atoms with E-state index in [1.165, 1.54) is 29.7 Å². The molecule has 0 aliphatic rings. The monoisotopic (exact) mass is 739 g/mol. The fraction of sp³-hybridized carbons (Fsp3) is 0. The molecule has 4 aromatic heterocycles. The number of benzene rings is 7. The van der Waals surface area contributed by atoms with Crippen molar-refractivity contribution in [1.29, 1.82) is 5.26 Å². The summed E-state index contributed by atoms with van der Waals surface area (Å²) in [5.74, 6) is 0. The van der Waals surface area contributed by atoms with Crippen LogP contribution in [0.1, 0.15) is 5.56 Å². The molecule has 11 rings (SSSR count). The molecule has 0 amide bonds. The molecule has 53 heavy (non-hydrogen) atoms. The molecule has 1 atom stereocenters. The van der Waals surface area contributed by atoms with Gasteiger partial charge in [0.15, 0.2) is 0 Å². The van der Waals surface area contributed by atoms with Crippen LogP contribution in [-0.2, 0) is 9.84 Å². The van der Waals surface area contributed by atoms with Crippen LogP contribution in [-0.4, -0.2) is 27.4 Å². The van der Waals surface area contributed by atoms with Crippen LogP contribution in [0.15, 0.2) is 149 Å². The van der Waals surface area contributed by atoms with Crippen LogP contribution in [0.5, 0.6) is 0 Å². The second-order valence-electron chi connectivity index (χ2n) is 12.9. The van der Waals surface area contributed by atoms with Crippen molar-refractivity contribution in [3.8, 4) is 11.8 Å². The Balaban J connectivity index is 0.00000172. The lowest BCUT2D eigenvalue weighted by molar-refractivity contribution is 0.596. The number of aromatic nitrogens is 4. The van der Waals surface area contributed by atoms with E-state index in [4.69, 9.17) is 15.2 Å². The van der Waals surface area contributed by atoms with Crippen molar-refractivity contribution in [3.05, 3.63) is 145 Å². The van der Waals surface area contributed by atoms with E-state index >= 15 is 0 Å². The zero-order valence-corrected chi connectivity index (χ0v) is 30.6. The molecule has 0 N–H and O–H groups in total. The van der Waals surface area contributed by atoms with Crippen molar-refractivity contribution in [1.82, 2.24) is 18.9 Å². The quantitative estimate of drug-likeness (QED) is 0.111. The second kappa shape index (κ2) is 11.7. The molecular weight excluding hydrogens is 714 g/mol. The van der Waals surface area contributed by atoms with Crippen LogP contribution in [0.2, 0.25) is 0 Å². The Morgan fingerprint density at radius 1 is 0.547 bits per heavy atom. The predicted octanol–water partition coefficient (Wildman–Crippen LogP) is 10.4. The summed E-state index contributed by atoms with van der Waals surface area (Å²) in [7, 11) is -1.67. The van der Waals surface area contributed by atoms with Crippen LogP contribution in [0, 0.1) is 11.3 Å². The number of rotatable bonds is 3. The normalized spacial score (nSPS) is 12.1. The average molecular weight is 740 g/mol. The summed E-state index contributed by atoms with van der Waals surface area (Å²) >= 11 is 3.44. The molecule has 11 aromatic rings. The topological polar surface area (TPSA) is 93.0 Å². The Hall–Kier alpha value is -6.04. The molecule has 0 aliphatic heterocycles. The van der Waals surface area contributed by atoms with Crippen LogP contribution in [0.4, 0.5) is 0 Å². The number of nitriles is 1. The first kappa shape index (κ1) is 31.7. The first-order valence-corrected chi connectivity index (χ1v) is 20.4. The Kier molecular flexibility index (Phi) is 7.02. The zero-order valence-electron chi connectivity index (χ0n) is 27.8. The van der Waals surface area contributed by atoms with Crippen LogP contribution in [0.3, 0.4) is 0 Å². The summed E-state index contributed by atoms with van der Waals surface area (Å²) in [6, 6.07) is 46.8. The smallest absolute Gasteiger partial charge is 0.206 e. The Bertz CT molecular complexity index is 3440. The van der Waals surface area contributed by atoms with Crippen molar-refractivity contribution in [3.63, 3.8) is 0 Å². The minimum Gasteiger partial charge on any atom is -0.309 e. The average Bonchev–Trinajstić information content (AvgIpc) is 3.69. The van der Waals surface area contributed by atoms with E-state index in [0.29, 0.717) is 5.56 Å². The van der Waals surface area contributed by atoms with Gasteiger partial charge in [0.2, 0.25) is 9.84 Å². The van der Waals surface area contributed by atoms with Gasteiger partial charge in [0, 0.05) is 32.6 Å². The van der Waals surface area contributed by atoms with Gasteiger partial charge in [-0.15, -0.1) is 0 Å². The Labute approximate surface area is 310 Å². The third-order valence-electron chi connectivity index (χ3n) is 10.3. The highest BCUT2D eigenvalue weighted by atomic mass is 32.7. The highest BCUT2D eigenvalue weighted by Crippen LogP contribution is 2.45. The SMILES string of the molecule is N#Cc1ccc(S(=O)(=O)c2ccc(-n3c4cccc5c6cc7nc8ccccc8nc7cc6n6c7ccccc7c7ccc3c(c54)c76)cc2)cc1.PS. The summed E-state index contributed by atoms with van der Waals surface area (Å²) in [5.41, 5.74) is 9.98. The van der Waals surface area contributed by atoms with E-state index < -0.39 is 9.84 Å². The number of hydrogen-bond acceptors (Lipinski definition) is 6. The molecule has 0 spiro atoms. The van der Waals surface area contributed by atoms with E-state index in [2.05, 4.69) is 96.4 Å². The van der Waals surface area contributed by atoms with Crippen molar-refractivity contribution in [2.24, 2.45) is 0 Å². The standard InChI is InChI=1S/C43H23N5O2S.H3PS/c44-24-25-12-16-27(17-13-25)51(49,50)28-18-14-26(15-19-28)47-38-11-5-7-30-32-22-35-36(46-34-9-3-2-8-33(34)45-35)23-40(32)48-37-10-4-1-6-29(37)31-20-21-39(47)42(41(30)38)43(31)48;1-2/h1-23H;2H,1H2. The van der Waals surface area contributed by atoms with Crippen molar-refractivity contribution >= 4 is 112 Å².